The van der Waals surface area contributed by atoms with Crippen LogP contribution in [0.25, 0.3) is 0 Å². The zero-order valence-electron chi connectivity index (χ0n) is 14.6. The van der Waals surface area contributed by atoms with Crippen LogP contribution in [0.3, 0.4) is 0 Å². The minimum atomic E-state index is -0.596. The molecule has 2 heterocycles. The summed E-state index contributed by atoms with van der Waals surface area (Å²) in [4.78, 5) is 37.3. The molecule has 0 saturated heterocycles. The van der Waals surface area contributed by atoms with Gasteiger partial charge in [-0.25, -0.2) is 0 Å². The Balaban J connectivity index is 1.60. The summed E-state index contributed by atoms with van der Waals surface area (Å²) in [6.07, 6.45) is 2.13. The van der Waals surface area contributed by atoms with E-state index in [1.165, 1.54) is 24.5 Å². The molecule has 1 aliphatic heterocycles. The molecule has 3 aromatic rings. The highest BCUT2D eigenvalue weighted by molar-refractivity contribution is 6.08. The van der Waals surface area contributed by atoms with Crippen molar-refractivity contribution in [3.8, 4) is 0 Å². The number of amides is 2. The molecule has 8 nitrogen and oxygen atoms in total. The first-order valence-electron chi connectivity index (χ1n) is 8.57. The van der Waals surface area contributed by atoms with Crippen molar-refractivity contribution in [2.45, 2.75) is 6.42 Å². The number of nitrogens with one attached hydrogen (secondary N) is 1. The van der Waals surface area contributed by atoms with Crippen LogP contribution in [-0.2, 0) is 6.42 Å². The summed E-state index contributed by atoms with van der Waals surface area (Å²) in [5, 5.41) is 13.8. The molecule has 0 radical (unpaired) electrons. The molecule has 2 amide bonds. The van der Waals surface area contributed by atoms with Crippen molar-refractivity contribution in [2.24, 2.45) is 0 Å². The third-order valence-corrected chi connectivity index (χ3v) is 4.56. The molecule has 1 N–H and O–H groups in total. The molecule has 1 aliphatic rings. The zero-order chi connectivity index (χ0) is 19.7. The molecule has 0 aliphatic carbocycles. The lowest BCUT2D eigenvalue weighted by molar-refractivity contribution is -0.385. The van der Waals surface area contributed by atoms with Crippen LogP contribution in [0.5, 0.6) is 0 Å². The molecular formula is C20H15N3O5. The second-order valence-electron chi connectivity index (χ2n) is 6.26. The number of nitrogens with zero attached hydrogens (tertiary/aromatic N) is 2. The number of furan rings is 1. The van der Waals surface area contributed by atoms with Crippen LogP contribution >= 0.6 is 0 Å². The van der Waals surface area contributed by atoms with Gasteiger partial charge < -0.3 is 14.6 Å². The van der Waals surface area contributed by atoms with Crippen LogP contribution in [0.4, 0.5) is 17.1 Å². The van der Waals surface area contributed by atoms with Gasteiger partial charge in [-0.3, -0.25) is 19.7 Å². The van der Waals surface area contributed by atoms with Crippen molar-refractivity contribution >= 4 is 28.9 Å². The van der Waals surface area contributed by atoms with Crippen molar-refractivity contribution in [1.82, 2.24) is 0 Å². The molecule has 0 unspecified atom stereocenters. The highest BCUT2D eigenvalue weighted by atomic mass is 16.6. The van der Waals surface area contributed by atoms with E-state index in [1.807, 2.05) is 6.07 Å². The Morgan fingerprint density at radius 1 is 1.11 bits per heavy atom. The van der Waals surface area contributed by atoms with Gasteiger partial charge in [-0.2, -0.15) is 0 Å². The highest BCUT2D eigenvalue weighted by Gasteiger charge is 2.28. The first-order chi connectivity index (χ1) is 13.5. The molecular weight excluding hydrogens is 362 g/mol. The lowest BCUT2D eigenvalue weighted by Crippen LogP contribution is -2.28. The molecule has 4 rings (SSSR count). The Morgan fingerprint density at radius 3 is 2.68 bits per heavy atom. The van der Waals surface area contributed by atoms with Gasteiger partial charge in [0.25, 0.3) is 17.5 Å². The van der Waals surface area contributed by atoms with Gasteiger partial charge in [0, 0.05) is 24.0 Å². The van der Waals surface area contributed by atoms with Gasteiger partial charge in [0.15, 0.2) is 5.76 Å². The largest absolute Gasteiger partial charge is 0.459 e. The Morgan fingerprint density at radius 2 is 1.93 bits per heavy atom. The van der Waals surface area contributed by atoms with Crippen LogP contribution in [0.2, 0.25) is 0 Å². The average molecular weight is 377 g/mol. The Hall–Kier alpha value is -3.94. The molecule has 0 spiro atoms. The number of carbonyl (C=O) groups excluding carboxylic acids is 2. The van der Waals surface area contributed by atoms with E-state index >= 15 is 0 Å². The number of carbonyl (C=O) groups is 2. The number of hydrogen-bond donors (Lipinski definition) is 1. The molecule has 0 bridgehead atoms. The predicted molar refractivity (Wildman–Crippen MR) is 102 cm³/mol. The number of anilines is 2. The summed E-state index contributed by atoms with van der Waals surface area (Å²) in [6.45, 7) is 0.510. The number of para-hydroxylation sites is 1. The highest BCUT2D eigenvalue weighted by Crippen LogP contribution is 2.32. The lowest BCUT2D eigenvalue weighted by atomic mass is 10.1. The van der Waals surface area contributed by atoms with E-state index in [2.05, 4.69) is 5.32 Å². The first-order valence-corrected chi connectivity index (χ1v) is 8.57. The van der Waals surface area contributed by atoms with Gasteiger partial charge in [0.05, 0.1) is 11.2 Å². The van der Waals surface area contributed by atoms with Crippen molar-refractivity contribution in [2.75, 3.05) is 16.8 Å². The maximum absolute atomic E-state index is 12.6. The fourth-order valence-electron chi connectivity index (χ4n) is 3.22. The number of fused-ring (bicyclic) bond motifs is 1. The smallest absolute Gasteiger partial charge is 0.293 e. The van der Waals surface area contributed by atoms with Crippen LogP contribution in [0, 0.1) is 10.1 Å². The fraction of sp³-hybridized carbons (Fsp3) is 0.100. The predicted octanol–water partition coefficient (Wildman–Crippen LogP) is 3.64. The summed E-state index contributed by atoms with van der Waals surface area (Å²) >= 11 is 0. The number of nitro groups is 1. The lowest BCUT2D eigenvalue weighted by Gasteiger charge is -2.17. The van der Waals surface area contributed by atoms with E-state index in [0.717, 1.165) is 5.56 Å². The summed E-state index contributed by atoms with van der Waals surface area (Å²) in [5.41, 5.74) is 1.80. The summed E-state index contributed by atoms with van der Waals surface area (Å²) in [7, 11) is 0. The van der Waals surface area contributed by atoms with Gasteiger partial charge in [-0.15, -0.1) is 0 Å². The minimum Gasteiger partial charge on any atom is -0.459 e. The fourth-order valence-corrected chi connectivity index (χ4v) is 3.22. The SMILES string of the molecule is O=C(Nc1ccc2c(c1)N(C(=O)c1ccco1)CC2)c1ccccc1[N+](=O)[O-]. The van der Waals surface area contributed by atoms with Gasteiger partial charge in [0.2, 0.25) is 0 Å². The van der Waals surface area contributed by atoms with Crippen molar-refractivity contribution in [3.05, 3.63) is 87.9 Å². The van der Waals surface area contributed by atoms with Crippen LogP contribution in [0.1, 0.15) is 26.5 Å². The van der Waals surface area contributed by atoms with Crippen molar-refractivity contribution in [1.29, 1.82) is 0 Å². The van der Waals surface area contributed by atoms with Gasteiger partial charge in [-0.1, -0.05) is 18.2 Å². The Labute approximate surface area is 159 Å². The molecule has 0 saturated carbocycles. The second kappa shape index (κ2) is 6.99. The third kappa shape index (κ3) is 3.11. The summed E-state index contributed by atoms with van der Waals surface area (Å²) in [6, 6.07) is 14.2. The maximum atomic E-state index is 12.6. The minimum absolute atomic E-state index is 0.0310. The Kier molecular flexibility index (Phi) is 4.36. The van der Waals surface area contributed by atoms with Crippen molar-refractivity contribution in [3.63, 3.8) is 0 Å². The van der Waals surface area contributed by atoms with Crippen molar-refractivity contribution < 1.29 is 18.9 Å². The van der Waals surface area contributed by atoms with Crippen LogP contribution in [0.15, 0.2) is 65.3 Å². The van der Waals surface area contributed by atoms with E-state index in [4.69, 9.17) is 4.42 Å². The number of rotatable bonds is 4. The molecule has 140 valence electrons. The second-order valence-corrected chi connectivity index (χ2v) is 6.26. The number of nitro benzene ring substituents is 1. The monoisotopic (exact) mass is 377 g/mol. The molecule has 0 fully saturated rings. The molecule has 1 aromatic heterocycles. The maximum Gasteiger partial charge on any atom is 0.293 e. The van der Waals surface area contributed by atoms with E-state index in [-0.39, 0.29) is 22.9 Å². The molecule has 2 aromatic carbocycles. The summed E-state index contributed by atoms with van der Waals surface area (Å²) in [5.74, 6) is -0.609. The number of hydrogen-bond acceptors (Lipinski definition) is 5. The average Bonchev–Trinajstić information content (AvgIpc) is 3.37. The first kappa shape index (κ1) is 17.5. The summed E-state index contributed by atoms with van der Waals surface area (Å²) < 4.78 is 5.19. The Bertz CT molecular complexity index is 1080. The van der Waals surface area contributed by atoms with E-state index in [9.17, 15) is 19.7 Å². The molecule has 8 heteroatoms. The zero-order valence-corrected chi connectivity index (χ0v) is 14.6. The topological polar surface area (TPSA) is 106 Å². The standard InChI is InChI=1S/C20H15N3O5/c24-19(15-4-1-2-5-16(15)23(26)27)21-14-8-7-13-9-10-22(17(13)12-14)20(25)18-6-3-11-28-18/h1-8,11-12H,9-10H2,(H,21,24). The van der Waals surface area contributed by atoms with Gasteiger partial charge in [0.1, 0.15) is 5.56 Å². The van der Waals surface area contributed by atoms with E-state index in [0.29, 0.717) is 24.3 Å². The molecule has 0 atom stereocenters. The quantitative estimate of drug-likeness (QED) is 0.552. The van der Waals surface area contributed by atoms with Crippen LogP contribution < -0.4 is 10.2 Å². The third-order valence-electron chi connectivity index (χ3n) is 4.56. The molecule has 28 heavy (non-hydrogen) atoms. The van der Waals surface area contributed by atoms with E-state index < -0.39 is 10.8 Å². The van der Waals surface area contributed by atoms with Gasteiger partial charge in [-0.05, 0) is 42.3 Å². The number of benzene rings is 2. The van der Waals surface area contributed by atoms with Gasteiger partial charge >= 0.3 is 0 Å². The van der Waals surface area contributed by atoms with Crippen LogP contribution in [-0.4, -0.2) is 23.3 Å². The van der Waals surface area contributed by atoms with E-state index in [1.54, 1.807) is 35.2 Å². The normalized spacial score (nSPS) is 12.5.